The van der Waals surface area contributed by atoms with Crippen LogP contribution in [0.25, 0.3) is 0 Å². The molecule has 1 aromatic carbocycles. The van der Waals surface area contributed by atoms with E-state index >= 15 is 0 Å². The average molecular weight is 244 g/mol. The Hall–Kier alpha value is -1.51. The van der Waals surface area contributed by atoms with Crippen LogP contribution < -0.4 is 10.1 Å². The van der Waals surface area contributed by atoms with Crippen LogP contribution in [-0.4, -0.2) is 25.5 Å². The molecule has 1 N–H and O–H groups in total. The lowest BCUT2D eigenvalue weighted by atomic mass is 9.92. The first kappa shape index (κ1) is 11.6. The Balaban J connectivity index is 1.56. The third kappa shape index (κ3) is 2.66. The maximum absolute atomic E-state index is 5.81. The van der Waals surface area contributed by atoms with E-state index in [0.717, 1.165) is 31.1 Å². The second-order valence-electron chi connectivity index (χ2n) is 4.99. The average Bonchev–Trinajstić information content (AvgIpc) is 2.92. The van der Waals surface area contributed by atoms with Crippen molar-refractivity contribution in [2.45, 2.75) is 32.1 Å². The number of hydrogen-bond acceptors (Lipinski definition) is 3. The van der Waals surface area contributed by atoms with E-state index in [2.05, 4.69) is 28.5 Å². The van der Waals surface area contributed by atoms with Crippen molar-refractivity contribution in [1.82, 2.24) is 5.32 Å². The van der Waals surface area contributed by atoms with E-state index in [4.69, 9.17) is 4.74 Å². The highest BCUT2D eigenvalue weighted by molar-refractivity contribution is 5.83. The van der Waals surface area contributed by atoms with Crippen molar-refractivity contribution < 1.29 is 4.74 Å². The number of ether oxygens (including phenoxy) is 1. The quantitative estimate of drug-likeness (QED) is 0.882. The Bertz CT molecular complexity index is 454. The van der Waals surface area contributed by atoms with Gasteiger partial charge >= 0.3 is 0 Å². The van der Waals surface area contributed by atoms with Crippen LogP contribution in [-0.2, 0) is 12.8 Å². The minimum atomic E-state index is 0.713. The van der Waals surface area contributed by atoms with Crippen LogP contribution in [0.3, 0.4) is 0 Å². The van der Waals surface area contributed by atoms with E-state index in [1.807, 2.05) is 0 Å². The molecule has 0 amide bonds. The van der Waals surface area contributed by atoms with Crippen LogP contribution in [0.15, 0.2) is 23.2 Å². The van der Waals surface area contributed by atoms with Gasteiger partial charge in [0, 0.05) is 13.0 Å². The lowest BCUT2D eigenvalue weighted by molar-refractivity contribution is 0.327. The van der Waals surface area contributed by atoms with Crippen molar-refractivity contribution in [3.63, 3.8) is 0 Å². The van der Waals surface area contributed by atoms with Crippen molar-refractivity contribution in [2.24, 2.45) is 4.99 Å². The van der Waals surface area contributed by atoms with Gasteiger partial charge in [-0.2, -0.15) is 0 Å². The van der Waals surface area contributed by atoms with Crippen LogP contribution in [0, 0.1) is 0 Å². The standard InChI is InChI=1S/C15H20N2O/c1-2-4-13-11-14(6-5-12(13)3-1)18-10-7-15-16-8-9-17-15/h5-6,11H,1-4,7-10H2,(H,16,17). The van der Waals surface area contributed by atoms with E-state index in [9.17, 15) is 0 Å². The first-order valence-electron chi connectivity index (χ1n) is 6.93. The summed E-state index contributed by atoms with van der Waals surface area (Å²) in [5, 5.41) is 3.26. The van der Waals surface area contributed by atoms with Gasteiger partial charge in [0.15, 0.2) is 0 Å². The highest BCUT2D eigenvalue weighted by atomic mass is 16.5. The zero-order valence-corrected chi connectivity index (χ0v) is 10.7. The van der Waals surface area contributed by atoms with Crippen LogP contribution in [0.2, 0.25) is 0 Å². The van der Waals surface area contributed by atoms with Crippen molar-refractivity contribution in [2.75, 3.05) is 19.7 Å². The summed E-state index contributed by atoms with van der Waals surface area (Å²) in [6.07, 6.45) is 5.98. The molecule has 1 aliphatic heterocycles. The molecule has 1 heterocycles. The molecule has 0 spiro atoms. The number of nitrogens with zero attached hydrogens (tertiary/aromatic N) is 1. The van der Waals surface area contributed by atoms with Gasteiger partial charge < -0.3 is 10.1 Å². The van der Waals surface area contributed by atoms with E-state index in [1.54, 1.807) is 0 Å². The van der Waals surface area contributed by atoms with Gasteiger partial charge in [-0.15, -0.1) is 0 Å². The van der Waals surface area contributed by atoms with Crippen molar-refractivity contribution >= 4 is 5.84 Å². The molecule has 0 bridgehead atoms. The molecular formula is C15H20N2O. The van der Waals surface area contributed by atoms with E-state index in [0.29, 0.717) is 6.61 Å². The molecule has 2 aliphatic rings. The van der Waals surface area contributed by atoms with Crippen molar-refractivity contribution in [3.8, 4) is 5.75 Å². The Morgan fingerprint density at radius 1 is 1.17 bits per heavy atom. The third-order valence-electron chi connectivity index (χ3n) is 3.67. The van der Waals surface area contributed by atoms with Crippen molar-refractivity contribution in [1.29, 1.82) is 0 Å². The van der Waals surface area contributed by atoms with Crippen LogP contribution >= 0.6 is 0 Å². The lowest BCUT2D eigenvalue weighted by Gasteiger charge is -2.16. The molecule has 3 rings (SSSR count). The Kier molecular flexibility index (Phi) is 3.49. The fraction of sp³-hybridized carbons (Fsp3) is 0.533. The number of hydrogen-bond donors (Lipinski definition) is 1. The smallest absolute Gasteiger partial charge is 0.119 e. The molecule has 3 nitrogen and oxygen atoms in total. The fourth-order valence-electron chi connectivity index (χ4n) is 2.68. The zero-order chi connectivity index (χ0) is 12.2. The minimum absolute atomic E-state index is 0.713. The summed E-state index contributed by atoms with van der Waals surface area (Å²) < 4.78 is 5.81. The van der Waals surface area contributed by atoms with E-state index in [-0.39, 0.29) is 0 Å². The summed E-state index contributed by atoms with van der Waals surface area (Å²) in [7, 11) is 0. The summed E-state index contributed by atoms with van der Waals surface area (Å²) >= 11 is 0. The monoisotopic (exact) mass is 244 g/mol. The van der Waals surface area contributed by atoms with Gasteiger partial charge in [0.25, 0.3) is 0 Å². The second-order valence-corrected chi connectivity index (χ2v) is 4.99. The molecule has 96 valence electrons. The topological polar surface area (TPSA) is 33.6 Å². The third-order valence-corrected chi connectivity index (χ3v) is 3.67. The number of nitrogens with one attached hydrogen (secondary N) is 1. The maximum atomic E-state index is 5.81. The van der Waals surface area contributed by atoms with E-state index in [1.165, 1.54) is 36.8 Å². The summed E-state index contributed by atoms with van der Waals surface area (Å²) in [6.45, 7) is 2.60. The van der Waals surface area contributed by atoms with Gasteiger partial charge in [0.1, 0.15) is 5.75 Å². The number of aliphatic imine (C=N–C) groups is 1. The predicted molar refractivity (Wildman–Crippen MR) is 73.5 cm³/mol. The van der Waals surface area contributed by atoms with Gasteiger partial charge in [0.2, 0.25) is 0 Å². The first-order chi connectivity index (χ1) is 8.92. The van der Waals surface area contributed by atoms with E-state index < -0.39 is 0 Å². The highest BCUT2D eigenvalue weighted by Crippen LogP contribution is 2.25. The lowest BCUT2D eigenvalue weighted by Crippen LogP contribution is -2.20. The SMILES string of the molecule is c1cc2c(cc1OCCC1=NCCN1)CCCC2. The summed E-state index contributed by atoms with van der Waals surface area (Å²) in [4.78, 5) is 4.36. The van der Waals surface area contributed by atoms with Gasteiger partial charge in [-0.3, -0.25) is 4.99 Å². The summed E-state index contributed by atoms with van der Waals surface area (Å²) in [5.41, 5.74) is 2.99. The molecule has 0 saturated carbocycles. The fourth-order valence-corrected chi connectivity index (χ4v) is 2.68. The molecule has 0 unspecified atom stereocenters. The maximum Gasteiger partial charge on any atom is 0.119 e. The largest absolute Gasteiger partial charge is 0.493 e. The summed E-state index contributed by atoms with van der Waals surface area (Å²) in [6, 6.07) is 6.56. The number of fused-ring (bicyclic) bond motifs is 1. The molecule has 0 atom stereocenters. The normalized spacial score (nSPS) is 17.9. The number of amidine groups is 1. The van der Waals surface area contributed by atoms with Gasteiger partial charge in [0.05, 0.1) is 19.0 Å². The second kappa shape index (κ2) is 5.42. The number of benzene rings is 1. The molecule has 18 heavy (non-hydrogen) atoms. The first-order valence-corrected chi connectivity index (χ1v) is 6.93. The van der Waals surface area contributed by atoms with Crippen LogP contribution in [0.4, 0.5) is 0 Å². The molecule has 0 radical (unpaired) electrons. The Labute approximate surface area is 108 Å². The van der Waals surface area contributed by atoms with Gasteiger partial charge in [-0.25, -0.2) is 0 Å². The Morgan fingerprint density at radius 3 is 2.89 bits per heavy atom. The van der Waals surface area contributed by atoms with Gasteiger partial charge in [-0.05, 0) is 48.9 Å². The molecular weight excluding hydrogens is 224 g/mol. The van der Waals surface area contributed by atoms with Crippen LogP contribution in [0.5, 0.6) is 5.75 Å². The molecule has 0 saturated heterocycles. The van der Waals surface area contributed by atoms with Crippen LogP contribution in [0.1, 0.15) is 30.4 Å². The highest BCUT2D eigenvalue weighted by Gasteiger charge is 2.10. The molecule has 1 aliphatic carbocycles. The summed E-state index contributed by atoms with van der Waals surface area (Å²) in [5.74, 6) is 2.10. The molecule has 0 aromatic heterocycles. The molecule has 1 aromatic rings. The number of rotatable bonds is 4. The zero-order valence-electron chi connectivity index (χ0n) is 10.7. The van der Waals surface area contributed by atoms with Gasteiger partial charge in [-0.1, -0.05) is 6.07 Å². The predicted octanol–water partition coefficient (Wildman–Crippen LogP) is 2.34. The molecule has 0 fully saturated rings. The number of aryl methyl sites for hydroxylation is 2. The van der Waals surface area contributed by atoms with Crippen molar-refractivity contribution in [3.05, 3.63) is 29.3 Å². The minimum Gasteiger partial charge on any atom is -0.493 e. The molecule has 3 heteroatoms. The Morgan fingerprint density at radius 2 is 2.06 bits per heavy atom.